The molecule has 0 saturated heterocycles. The third-order valence-electron chi connectivity index (χ3n) is 5.18. The Kier molecular flexibility index (Phi) is 3.21. The number of cyclic esters (lactones) is 1. The van der Waals surface area contributed by atoms with Gasteiger partial charge < -0.3 is 19.5 Å². The van der Waals surface area contributed by atoms with Crippen LogP contribution in [0.3, 0.4) is 0 Å². The number of amides is 1. The van der Waals surface area contributed by atoms with Crippen molar-refractivity contribution in [1.29, 1.82) is 0 Å². The third kappa shape index (κ3) is 2.02. The average molecular weight is 364 g/mol. The van der Waals surface area contributed by atoms with Crippen molar-refractivity contribution in [2.45, 2.75) is 6.04 Å². The number of benzene rings is 2. The Labute approximate surface area is 155 Å². The van der Waals surface area contributed by atoms with E-state index in [-0.39, 0.29) is 12.5 Å². The van der Waals surface area contributed by atoms with Crippen molar-refractivity contribution in [3.05, 3.63) is 58.8 Å². The van der Waals surface area contributed by atoms with E-state index in [9.17, 15) is 9.59 Å². The van der Waals surface area contributed by atoms with Crippen molar-refractivity contribution < 1.29 is 23.8 Å². The summed E-state index contributed by atoms with van der Waals surface area (Å²) < 4.78 is 16.1. The van der Waals surface area contributed by atoms with Gasteiger partial charge in [-0.2, -0.15) is 0 Å². The lowest BCUT2D eigenvalue weighted by Crippen LogP contribution is -2.30. The second-order valence-electron chi connectivity index (χ2n) is 6.48. The lowest BCUT2D eigenvalue weighted by atomic mass is 9.97. The largest absolute Gasteiger partial charge is 0.493 e. The molecule has 1 N–H and O–H groups in total. The second kappa shape index (κ2) is 5.51. The van der Waals surface area contributed by atoms with Crippen LogP contribution in [0.15, 0.2) is 47.7 Å². The smallest absolute Gasteiger partial charge is 0.338 e. The predicted octanol–water partition coefficient (Wildman–Crippen LogP) is 2.64. The van der Waals surface area contributed by atoms with Gasteiger partial charge in [-0.15, -0.1) is 0 Å². The van der Waals surface area contributed by atoms with Crippen LogP contribution in [0.4, 0.5) is 11.4 Å². The highest BCUT2D eigenvalue weighted by atomic mass is 16.5. The minimum atomic E-state index is -0.537. The number of rotatable bonds is 2. The summed E-state index contributed by atoms with van der Waals surface area (Å²) in [5, 5.41) is 3.26. The molecule has 5 rings (SSSR count). The maximum absolute atomic E-state index is 13.2. The maximum atomic E-state index is 13.2. The lowest BCUT2D eigenvalue weighted by molar-refractivity contribution is -0.136. The molecular formula is C20H16N2O5. The highest BCUT2D eigenvalue weighted by Crippen LogP contribution is 2.51. The van der Waals surface area contributed by atoms with Crippen molar-refractivity contribution in [3.8, 4) is 11.5 Å². The summed E-state index contributed by atoms with van der Waals surface area (Å²) >= 11 is 0. The van der Waals surface area contributed by atoms with E-state index in [1.54, 1.807) is 37.3 Å². The number of ether oxygens (including phenoxy) is 3. The van der Waals surface area contributed by atoms with Gasteiger partial charge in [-0.1, -0.05) is 18.2 Å². The standard InChI is InChI=1S/C20H16N2O5/c1-25-15-7-12-14(8-16(15)26-2)22-18(17-13(21-12)9-27-20(17)24)10-5-3-4-6-11(10)19(22)23/h3-8,18,21H,9H2,1-2H3. The van der Waals surface area contributed by atoms with Gasteiger partial charge in [0, 0.05) is 17.7 Å². The van der Waals surface area contributed by atoms with Gasteiger partial charge in [-0.3, -0.25) is 9.69 Å². The van der Waals surface area contributed by atoms with Crippen LogP contribution in [0.1, 0.15) is 22.0 Å². The predicted molar refractivity (Wildman–Crippen MR) is 97.1 cm³/mol. The van der Waals surface area contributed by atoms with E-state index >= 15 is 0 Å². The fraction of sp³-hybridized carbons (Fsp3) is 0.200. The molecule has 0 saturated carbocycles. The summed E-state index contributed by atoms with van der Waals surface area (Å²) in [5.41, 5.74) is 3.77. The van der Waals surface area contributed by atoms with E-state index in [1.807, 2.05) is 18.2 Å². The number of methoxy groups -OCH3 is 2. The number of anilines is 2. The van der Waals surface area contributed by atoms with Crippen LogP contribution in [0.5, 0.6) is 11.5 Å². The lowest BCUT2D eigenvalue weighted by Gasteiger charge is -2.26. The van der Waals surface area contributed by atoms with E-state index in [2.05, 4.69) is 5.32 Å². The molecule has 0 aliphatic carbocycles. The van der Waals surface area contributed by atoms with Crippen molar-refractivity contribution in [3.63, 3.8) is 0 Å². The Morgan fingerprint density at radius 1 is 1.11 bits per heavy atom. The number of carbonyl (C=O) groups excluding carboxylic acids is 2. The molecule has 1 unspecified atom stereocenters. The Balaban J connectivity index is 1.81. The van der Waals surface area contributed by atoms with Gasteiger partial charge in [-0.25, -0.2) is 4.79 Å². The van der Waals surface area contributed by atoms with E-state index < -0.39 is 12.0 Å². The van der Waals surface area contributed by atoms with Gasteiger partial charge in [0.2, 0.25) is 0 Å². The van der Waals surface area contributed by atoms with E-state index in [0.717, 1.165) is 5.56 Å². The molecule has 2 aromatic carbocycles. The molecule has 136 valence electrons. The van der Waals surface area contributed by atoms with Crippen LogP contribution >= 0.6 is 0 Å². The number of fused-ring (bicyclic) bond motifs is 6. The van der Waals surface area contributed by atoms with Gasteiger partial charge in [0.25, 0.3) is 5.91 Å². The third-order valence-corrected chi connectivity index (χ3v) is 5.18. The number of hydrogen-bond acceptors (Lipinski definition) is 6. The van der Waals surface area contributed by atoms with Crippen LogP contribution in [0.2, 0.25) is 0 Å². The molecule has 1 amide bonds. The molecule has 0 bridgehead atoms. The first-order valence-corrected chi connectivity index (χ1v) is 8.49. The molecule has 7 heteroatoms. The first kappa shape index (κ1) is 15.7. The zero-order valence-electron chi connectivity index (χ0n) is 14.7. The fourth-order valence-electron chi connectivity index (χ4n) is 3.98. The van der Waals surface area contributed by atoms with Crippen LogP contribution in [0.25, 0.3) is 0 Å². The van der Waals surface area contributed by atoms with E-state index in [1.165, 1.54) is 0 Å². The number of esters is 1. The summed E-state index contributed by atoms with van der Waals surface area (Å²) in [6, 6.07) is 10.3. The first-order valence-electron chi connectivity index (χ1n) is 8.49. The molecule has 0 radical (unpaired) electrons. The number of nitrogens with zero attached hydrogens (tertiary/aromatic N) is 1. The van der Waals surface area contributed by atoms with Crippen LogP contribution in [-0.4, -0.2) is 32.7 Å². The Hall–Kier alpha value is -3.48. The van der Waals surface area contributed by atoms with Crippen molar-refractivity contribution in [2.24, 2.45) is 0 Å². The summed E-state index contributed by atoms with van der Waals surface area (Å²) in [6.07, 6.45) is 0. The van der Waals surface area contributed by atoms with Crippen LogP contribution in [0, 0.1) is 0 Å². The molecule has 2 aromatic rings. The Morgan fingerprint density at radius 3 is 2.63 bits per heavy atom. The monoisotopic (exact) mass is 364 g/mol. The maximum Gasteiger partial charge on any atom is 0.338 e. The number of carbonyl (C=O) groups is 2. The molecule has 27 heavy (non-hydrogen) atoms. The molecule has 3 aliphatic heterocycles. The van der Waals surface area contributed by atoms with Gasteiger partial charge in [0.05, 0.1) is 42.9 Å². The average Bonchev–Trinajstić information content (AvgIpc) is 3.13. The zero-order valence-corrected chi connectivity index (χ0v) is 14.7. The molecule has 0 fully saturated rings. The van der Waals surface area contributed by atoms with Crippen LogP contribution < -0.4 is 19.7 Å². The van der Waals surface area contributed by atoms with Gasteiger partial charge in [0.1, 0.15) is 6.61 Å². The number of hydrogen-bond donors (Lipinski definition) is 1. The molecule has 7 nitrogen and oxygen atoms in total. The van der Waals surface area contributed by atoms with Gasteiger partial charge in [0.15, 0.2) is 11.5 Å². The highest BCUT2D eigenvalue weighted by molar-refractivity contribution is 6.16. The van der Waals surface area contributed by atoms with Gasteiger partial charge in [-0.05, 0) is 11.6 Å². The molecular weight excluding hydrogens is 348 g/mol. The molecule has 1 atom stereocenters. The summed E-state index contributed by atoms with van der Waals surface area (Å²) in [5.74, 6) is 0.451. The fourth-order valence-corrected chi connectivity index (χ4v) is 3.98. The van der Waals surface area contributed by atoms with E-state index in [4.69, 9.17) is 14.2 Å². The van der Waals surface area contributed by atoms with Crippen LogP contribution in [-0.2, 0) is 9.53 Å². The van der Waals surface area contributed by atoms with Gasteiger partial charge >= 0.3 is 5.97 Å². The van der Waals surface area contributed by atoms with Crippen molar-refractivity contribution in [2.75, 3.05) is 31.0 Å². The highest BCUT2D eigenvalue weighted by Gasteiger charge is 2.47. The Morgan fingerprint density at radius 2 is 1.85 bits per heavy atom. The van der Waals surface area contributed by atoms with Crippen molar-refractivity contribution >= 4 is 23.3 Å². The van der Waals surface area contributed by atoms with Crippen molar-refractivity contribution in [1.82, 2.24) is 0 Å². The zero-order chi connectivity index (χ0) is 18.7. The second-order valence-corrected chi connectivity index (χ2v) is 6.48. The number of nitrogens with one attached hydrogen (secondary N) is 1. The summed E-state index contributed by atoms with van der Waals surface area (Å²) in [4.78, 5) is 27.4. The minimum absolute atomic E-state index is 0.142. The van der Waals surface area contributed by atoms with E-state index in [0.29, 0.717) is 39.7 Å². The summed E-state index contributed by atoms with van der Waals surface area (Å²) in [7, 11) is 3.09. The normalized spacial score (nSPS) is 19.5. The molecule has 3 heterocycles. The first-order chi connectivity index (χ1) is 13.1. The molecule has 0 aromatic heterocycles. The quantitative estimate of drug-likeness (QED) is 0.826. The topological polar surface area (TPSA) is 77.1 Å². The minimum Gasteiger partial charge on any atom is -0.493 e. The summed E-state index contributed by atoms with van der Waals surface area (Å²) in [6.45, 7) is 0.142. The molecule has 0 spiro atoms. The molecule has 3 aliphatic rings. The SMILES string of the molecule is COc1cc2c(cc1OC)N1C(=O)c3ccccc3C1C1=C(COC1=O)N2. The Bertz CT molecular complexity index is 1040.